The molecule has 4 heteroatoms. The van der Waals surface area contributed by atoms with E-state index >= 15 is 0 Å². The summed E-state index contributed by atoms with van der Waals surface area (Å²) in [5, 5.41) is 21.6. The lowest BCUT2D eigenvalue weighted by molar-refractivity contribution is -0.116. The largest absolute Gasteiger partial charge is 0.387 e. The van der Waals surface area contributed by atoms with E-state index in [0.717, 1.165) is 16.7 Å². The standard InChI is InChI=1S/C19H18N2O2/c1-14-5-2-3-8-17(14)18(22)13-21-19(23)10-9-15-6-4-7-16(11-15)12-20/h2-11,18,22H,13H2,1H3,(H,21,23)/b10-9+. The van der Waals surface area contributed by atoms with Crippen LogP contribution in [0.15, 0.2) is 54.6 Å². The number of amides is 1. The van der Waals surface area contributed by atoms with Gasteiger partial charge in [0.2, 0.25) is 5.91 Å². The van der Waals surface area contributed by atoms with Crippen LogP contribution in [0.4, 0.5) is 0 Å². The number of nitrogens with zero attached hydrogens (tertiary/aromatic N) is 1. The smallest absolute Gasteiger partial charge is 0.244 e. The van der Waals surface area contributed by atoms with Gasteiger partial charge in [0.1, 0.15) is 0 Å². The molecule has 0 aliphatic carbocycles. The lowest BCUT2D eigenvalue weighted by Crippen LogP contribution is -2.26. The topological polar surface area (TPSA) is 73.1 Å². The fourth-order valence-corrected chi connectivity index (χ4v) is 2.21. The molecule has 0 spiro atoms. The van der Waals surface area contributed by atoms with E-state index in [2.05, 4.69) is 11.4 Å². The van der Waals surface area contributed by atoms with Crippen LogP contribution in [-0.2, 0) is 4.79 Å². The third-order valence-corrected chi connectivity index (χ3v) is 3.46. The van der Waals surface area contributed by atoms with E-state index in [-0.39, 0.29) is 12.5 Å². The molecule has 116 valence electrons. The van der Waals surface area contributed by atoms with Gasteiger partial charge in [-0.2, -0.15) is 5.26 Å². The third kappa shape index (κ3) is 4.80. The quantitative estimate of drug-likeness (QED) is 0.834. The van der Waals surface area contributed by atoms with Crippen molar-refractivity contribution in [3.63, 3.8) is 0 Å². The summed E-state index contributed by atoms with van der Waals surface area (Å²) in [6.07, 6.45) is 2.28. The molecule has 0 aromatic heterocycles. The molecule has 2 aromatic rings. The highest BCUT2D eigenvalue weighted by Crippen LogP contribution is 2.16. The van der Waals surface area contributed by atoms with Crippen molar-refractivity contribution in [2.24, 2.45) is 0 Å². The third-order valence-electron chi connectivity index (χ3n) is 3.46. The number of nitrogens with one attached hydrogen (secondary N) is 1. The lowest BCUT2D eigenvalue weighted by atomic mass is 10.0. The number of aryl methyl sites for hydroxylation is 1. The maximum absolute atomic E-state index is 11.8. The van der Waals surface area contributed by atoms with Crippen molar-refractivity contribution in [1.82, 2.24) is 5.32 Å². The first kappa shape index (κ1) is 16.5. The van der Waals surface area contributed by atoms with Crippen molar-refractivity contribution in [3.8, 4) is 6.07 Å². The van der Waals surface area contributed by atoms with Gasteiger partial charge in [-0.1, -0.05) is 36.4 Å². The first-order valence-electron chi connectivity index (χ1n) is 7.30. The fourth-order valence-electron chi connectivity index (χ4n) is 2.21. The molecule has 0 fully saturated rings. The van der Waals surface area contributed by atoms with Gasteiger partial charge in [0.25, 0.3) is 0 Å². The average molecular weight is 306 g/mol. The molecule has 1 unspecified atom stereocenters. The monoisotopic (exact) mass is 306 g/mol. The molecule has 1 amide bonds. The second kappa shape index (κ2) is 7.92. The van der Waals surface area contributed by atoms with Gasteiger partial charge in [0, 0.05) is 12.6 Å². The van der Waals surface area contributed by atoms with Crippen LogP contribution in [0, 0.1) is 18.3 Å². The van der Waals surface area contributed by atoms with Gasteiger partial charge in [-0.3, -0.25) is 4.79 Å². The molecule has 2 N–H and O–H groups in total. The predicted molar refractivity (Wildman–Crippen MR) is 89.3 cm³/mol. The number of benzene rings is 2. The zero-order chi connectivity index (χ0) is 16.7. The number of nitriles is 1. The van der Waals surface area contributed by atoms with Gasteiger partial charge in [-0.05, 0) is 41.8 Å². The van der Waals surface area contributed by atoms with E-state index < -0.39 is 6.10 Å². The van der Waals surface area contributed by atoms with Crippen molar-refractivity contribution in [3.05, 3.63) is 76.9 Å². The van der Waals surface area contributed by atoms with Gasteiger partial charge < -0.3 is 10.4 Å². The minimum absolute atomic E-state index is 0.145. The minimum atomic E-state index is -0.740. The first-order chi connectivity index (χ1) is 11.1. The van der Waals surface area contributed by atoms with Crippen LogP contribution in [0.25, 0.3) is 6.08 Å². The number of aliphatic hydroxyl groups excluding tert-OH is 1. The van der Waals surface area contributed by atoms with E-state index in [1.54, 1.807) is 24.3 Å². The Bertz CT molecular complexity index is 760. The predicted octanol–water partition coefficient (Wildman–Crippen LogP) is 2.73. The molecule has 0 aliphatic heterocycles. The lowest BCUT2D eigenvalue weighted by Gasteiger charge is -2.13. The molecule has 1 atom stereocenters. The van der Waals surface area contributed by atoms with E-state index in [4.69, 9.17) is 5.26 Å². The number of carbonyl (C=O) groups excluding carboxylic acids is 1. The minimum Gasteiger partial charge on any atom is -0.387 e. The van der Waals surface area contributed by atoms with Crippen LogP contribution in [0.3, 0.4) is 0 Å². The Balaban J connectivity index is 1.91. The maximum Gasteiger partial charge on any atom is 0.244 e. The van der Waals surface area contributed by atoms with E-state index in [1.165, 1.54) is 6.08 Å². The zero-order valence-corrected chi connectivity index (χ0v) is 12.9. The summed E-state index contributed by atoms with van der Waals surface area (Å²) in [5.41, 5.74) is 3.11. The van der Waals surface area contributed by atoms with Crippen molar-refractivity contribution >= 4 is 12.0 Å². The van der Waals surface area contributed by atoms with Crippen molar-refractivity contribution in [1.29, 1.82) is 5.26 Å². The van der Waals surface area contributed by atoms with Crippen molar-refractivity contribution < 1.29 is 9.90 Å². The molecular weight excluding hydrogens is 288 g/mol. The second-order valence-corrected chi connectivity index (χ2v) is 5.19. The zero-order valence-electron chi connectivity index (χ0n) is 12.9. The summed E-state index contributed by atoms with van der Waals surface area (Å²) in [6.45, 7) is 2.06. The molecule has 0 radical (unpaired) electrons. The van der Waals surface area contributed by atoms with Gasteiger partial charge in [-0.25, -0.2) is 0 Å². The Kier molecular flexibility index (Phi) is 5.67. The van der Waals surface area contributed by atoms with E-state index in [0.29, 0.717) is 5.56 Å². The highest BCUT2D eigenvalue weighted by atomic mass is 16.3. The molecular formula is C19H18N2O2. The Morgan fingerprint density at radius 2 is 2.09 bits per heavy atom. The summed E-state index contributed by atoms with van der Waals surface area (Å²) in [4.78, 5) is 11.8. The van der Waals surface area contributed by atoms with E-state index in [1.807, 2.05) is 37.3 Å². The van der Waals surface area contributed by atoms with Crippen LogP contribution in [-0.4, -0.2) is 17.6 Å². The second-order valence-electron chi connectivity index (χ2n) is 5.19. The molecule has 4 nitrogen and oxygen atoms in total. The van der Waals surface area contributed by atoms with Crippen LogP contribution in [0.2, 0.25) is 0 Å². The Labute approximate surface area is 135 Å². The first-order valence-corrected chi connectivity index (χ1v) is 7.30. The summed E-state index contributed by atoms with van der Waals surface area (Å²) in [6, 6.07) is 16.6. The van der Waals surface area contributed by atoms with Crippen LogP contribution < -0.4 is 5.32 Å². The number of carbonyl (C=O) groups is 1. The molecule has 0 bridgehead atoms. The van der Waals surface area contributed by atoms with Crippen LogP contribution >= 0.6 is 0 Å². The molecule has 0 aliphatic rings. The molecule has 0 saturated carbocycles. The summed E-state index contributed by atoms with van der Waals surface area (Å²) >= 11 is 0. The molecule has 0 saturated heterocycles. The summed E-state index contributed by atoms with van der Waals surface area (Å²) in [7, 11) is 0. The SMILES string of the molecule is Cc1ccccc1C(O)CNC(=O)/C=C/c1cccc(C#N)c1. The molecule has 0 heterocycles. The van der Waals surface area contributed by atoms with Gasteiger partial charge in [0.05, 0.1) is 17.7 Å². The van der Waals surface area contributed by atoms with E-state index in [9.17, 15) is 9.90 Å². The van der Waals surface area contributed by atoms with Gasteiger partial charge in [0.15, 0.2) is 0 Å². The Morgan fingerprint density at radius 1 is 1.30 bits per heavy atom. The van der Waals surface area contributed by atoms with Gasteiger partial charge in [-0.15, -0.1) is 0 Å². The van der Waals surface area contributed by atoms with Crippen molar-refractivity contribution in [2.75, 3.05) is 6.54 Å². The molecule has 2 rings (SSSR count). The number of rotatable bonds is 5. The van der Waals surface area contributed by atoms with Gasteiger partial charge >= 0.3 is 0 Å². The van der Waals surface area contributed by atoms with Crippen LogP contribution in [0.5, 0.6) is 0 Å². The molecule has 2 aromatic carbocycles. The van der Waals surface area contributed by atoms with Crippen molar-refractivity contribution in [2.45, 2.75) is 13.0 Å². The normalized spacial score (nSPS) is 11.9. The Hall–Kier alpha value is -2.90. The number of aliphatic hydroxyl groups is 1. The summed E-state index contributed by atoms with van der Waals surface area (Å²) < 4.78 is 0. The summed E-state index contributed by atoms with van der Waals surface area (Å²) in [5.74, 6) is -0.292. The fraction of sp³-hybridized carbons (Fsp3) is 0.158. The average Bonchev–Trinajstić information content (AvgIpc) is 2.58. The van der Waals surface area contributed by atoms with Crippen LogP contribution in [0.1, 0.15) is 28.4 Å². The highest BCUT2D eigenvalue weighted by Gasteiger charge is 2.10. The molecule has 23 heavy (non-hydrogen) atoms. The number of hydrogen-bond acceptors (Lipinski definition) is 3. The Morgan fingerprint density at radius 3 is 2.83 bits per heavy atom. The highest BCUT2D eigenvalue weighted by molar-refractivity contribution is 5.91. The maximum atomic E-state index is 11.8. The number of hydrogen-bond donors (Lipinski definition) is 2.